The molecule has 1 aromatic carbocycles. The van der Waals surface area contributed by atoms with Crippen molar-refractivity contribution in [2.75, 3.05) is 5.88 Å². The Morgan fingerprint density at radius 2 is 2.12 bits per heavy atom. The van der Waals surface area contributed by atoms with Crippen LogP contribution >= 0.6 is 11.6 Å². The second-order valence-electron chi connectivity index (χ2n) is 3.38. The fraction of sp³-hybridized carbons (Fsp3) is 0.182. The van der Waals surface area contributed by atoms with Gasteiger partial charge in [-0.1, -0.05) is 30.3 Å². The lowest BCUT2D eigenvalue weighted by molar-refractivity contribution is -0.118. The number of benzene rings is 1. The second-order valence-corrected chi connectivity index (χ2v) is 3.65. The molecule has 2 aromatic rings. The molecule has 2 N–H and O–H groups in total. The van der Waals surface area contributed by atoms with E-state index in [-0.39, 0.29) is 11.8 Å². The van der Waals surface area contributed by atoms with E-state index >= 15 is 0 Å². The molecule has 1 heterocycles. The van der Waals surface area contributed by atoms with Gasteiger partial charge in [-0.15, -0.1) is 11.6 Å². The summed E-state index contributed by atoms with van der Waals surface area (Å²) in [7, 11) is 0. The van der Waals surface area contributed by atoms with Crippen molar-refractivity contribution in [3.05, 3.63) is 36.2 Å². The van der Waals surface area contributed by atoms with Gasteiger partial charge in [-0.05, 0) is 0 Å². The fourth-order valence-electron chi connectivity index (χ4n) is 1.32. The van der Waals surface area contributed by atoms with E-state index in [1.165, 1.54) is 0 Å². The molecule has 6 heteroatoms. The van der Waals surface area contributed by atoms with Gasteiger partial charge < -0.3 is 5.32 Å². The lowest BCUT2D eigenvalue weighted by atomic mass is 10.2. The molecule has 88 valence electrons. The van der Waals surface area contributed by atoms with Gasteiger partial charge in [0.1, 0.15) is 11.7 Å². The SMILES string of the molecule is O=C(CCl)NCc1nc(-c2ccccc2)n[nH]1. The van der Waals surface area contributed by atoms with E-state index in [0.29, 0.717) is 18.2 Å². The monoisotopic (exact) mass is 250 g/mol. The highest BCUT2D eigenvalue weighted by atomic mass is 35.5. The number of alkyl halides is 1. The highest BCUT2D eigenvalue weighted by molar-refractivity contribution is 6.27. The van der Waals surface area contributed by atoms with Gasteiger partial charge in [0.25, 0.3) is 0 Å². The molecule has 0 aliphatic carbocycles. The van der Waals surface area contributed by atoms with Gasteiger partial charge in [-0.3, -0.25) is 9.89 Å². The quantitative estimate of drug-likeness (QED) is 0.804. The van der Waals surface area contributed by atoms with Crippen LogP contribution in [0.1, 0.15) is 5.82 Å². The van der Waals surface area contributed by atoms with Gasteiger partial charge >= 0.3 is 0 Å². The number of nitrogens with zero attached hydrogens (tertiary/aromatic N) is 2. The number of carbonyl (C=O) groups is 1. The summed E-state index contributed by atoms with van der Waals surface area (Å²) in [5.74, 6) is 0.923. The van der Waals surface area contributed by atoms with E-state index in [1.54, 1.807) is 0 Å². The minimum Gasteiger partial charge on any atom is -0.348 e. The van der Waals surface area contributed by atoms with E-state index in [4.69, 9.17) is 11.6 Å². The van der Waals surface area contributed by atoms with Crippen LogP contribution in [0.25, 0.3) is 11.4 Å². The first kappa shape index (κ1) is 11.6. The maximum atomic E-state index is 11.0. The maximum Gasteiger partial charge on any atom is 0.235 e. The molecule has 2 rings (SSSR count). The van der Waals surface area contributed by atoms with Crippen molar-refractivity contribution in [3.8, 4) is 11.4 Å². The molecule has 0 saturated carbocycles. The van der Waals surface area contributed by atoms with Crippen LogP contribution in [0, 0.1) is 0 Å². The summed E-state index contributed by atoms with van der Waals surface area (Å²) in [4.78, 5) is 15.2. The molecule has 17 heavy (non-hydrogen) atoms. The highest BCUT2D eigenvalue weighted by Gasteiger charge is 2.06. The van der Waals surface area contributed by atoms with Crippen molar-refractivity contribution in [1.29, 1.82) is 0 Å². The average molecular weight is 251 g/mol. The summed E-state index contributed by atoms with van der Waals surface area (Å²) in [6.45, 7) is 0.297. The summed E-state index contributed by atoms with van der Waals surface area (Å²) < 4.78 is 0. The lowest BCUT2D eigenvalue weighted by Gasteiger charge is -1.97. The van der Waals surface area contributed by atoms with E-state index < -0.39 is 0 Å². The van der Waals surface area contributed by atoms with Crippen LogP contribution in [0.5, 0.6) is 0 Å². The molecule has 0 aliphatic heterocycles. The summed E-state index contributed by atoms with van der Waals surface area (Å²) in [6, 6.07) is 9.60. The smallest absolute Gasteiger partial charge is 0.235 e. The number of carbonyl (C=O) groups excluding carboxylic acids is 1. The predicted octanol–water partition coefficient (Wildman–Crippen LogP) is 1.33. The van der Waals surface area contributed by atoms with Crippen LogP contribution in [0.4, 0.5) is 0 Å². The average Bonchev–Trinajstić information content (AvgIpc) is 2.86. The highest BCUT2D eigenvalue weighted by Crippen LogP contribution is 2.12. The number of aromatic amines is 1. The minimum atomic E-state index is -0.232. The van der Waals surface area contributed by atoms with Crippen LogP contribution in [0.15, 0.2) is 30.3 Å². The summed E-state index contributed by atoms with van der Waals surface area (Å²) >= 11 is 5.36. The van der Waals surface area contributed by atoms with Crippen LogP contribution in [-0.4, -0.2) is 27.0 Å². The zero-order valence-electron chi connectivity index (χ0n) is 8.98. The molecule has 0 fully saturated rings. The third-order valence-corrected chi connectivity index (χ3v) is 2.38. The molecule has 0 atom stereocenters. The maximum absolute atomic E-state index is 11.0. The predicted molar refractivity (Wildman–Crippen MR) is 64.4 cm³/mol. The van der Waals surface area contributed by atoms with Gasteiger partial charge in [0, 0.05) is 5.56 Å². The lowest BCUT2D eigenvalue weighted by Crippen LogP contribution is -2.24. The Bertz CT molecular complexity index is 497. The largest absolute Gasteiger partial charge is 0.348 e. The first-order valence-electron chi connectivity index (χ1n) is 5.09. The molecule has 0 unspecified atom stereocenters. The van der Waals surface area contributed by atoms with Crippen molar-refractivity contribution in [1.82, 2.24) is 20.5 Å². The van der Waals surface area contributed by atoms with Crippen molar-refractivity contribution < 1.29 is 4.79 Å². The molecule has 5 nitrogen and oxygen atoms in total. The Morgan fingerprint density at radius 1 is 1.35 bits per heavy atom. The van der Waals surface area contributed by atoms with Gasteiger partial charge in [0.05, 0.1) is 6.54 Å². The first-order valence-corrected chi connectivity index (χ1v) is 5.62. The minimum absolute atomic E-state index is 0.0559. The van der Waals surface area contributed by atoms with Crippen LogP contribution in [-0.2, 0) is 11.3 Å². The van der Waals surface area contributed by atoms with E-state index in [9.17, 15) is 4.79 Å². The van der Waals surface area contributed by atoms with Crippen molar-refractivity contribution in [3.63, 3.8) is 0 Å². The number of hydrogen-bond acceptors (Lipinski definition) is 3. The zero-order chi connectivity index (χ0) is 12.1. The molecule has 1 aromatic heterocycles. The third-order valence-electron chi connectivity index (χ3n) is 2.14. The topological polar surface area (TPSA) is 70.7 Å². The van der Waals surface area contributed by atoms with Gasteiger partial charge in [0.15, 0.2) is 5.82 Å². The summed E-state index contributed by atoms with van der Waals surface area (Å²) in [6.07, 6.45) is 0. The standard InChI is InChI=1S/C11H11ClN4O/c12-6-10(17)13-7-9-14-11(16-15-9)8-4-2-1-3-5-8/h1-5H,6-7H2,(H,13,17)(H,14,15,16). The normalized spacial score (nSPS) is 10.2. The Balaban J connectivity index is 2.04. The van der Waals surface area contributed by atoms with Gasteiger partial charge in [-0.25, -0.2) is 4.98 Å². The molecule has 1 amide bonds. The fourth-order valence-corrected chi connectivity index (χ4v) is 1.41. The Kier molecular flexibility index (Phi) is 3.72. The molecule has 0 bridgehead atoms. The molecular weight excluding hydrogens is 240 g/mol. The number of rotatable bonds is 4. The van der Waals surface area contributed by atoms with E-state index in [2.05, 4.69) is 20.5 Å². The summed E-state index contributed by atoms with van der Waals surface area (Å²) in [5.41, 5.74) is 0.929. The number of halogens is 1. The Morgan fingerprint density at radius 3 is 2.82 bits per heavy atom. The van der Waals surface area contributed by atoms with Crippen molar-refractivity contribution >= 4 is 17.5 Å². The van der Waals surface area contributed by atoms with Crippen LogP contribution < -0.4 is 5.32 Å². The Hall–Kier alpha value is -1.88. The second kappa shape index (κ2) is 5.45. The number of H-pyrrole nitrogens is 1. The van der Waals surface area contributed by atoms with Crippen LogP contribution in [0.3, 0.4) is 0 Å². The zero-order valence-corrected chi connectivity index (χ0v) is 9.74. The van der Waals surface area contributed by atoms with E-state index in [0.717, 1.165) is 5.56 Å². The van der Waals surface area contributed by atoms with E-state index in [1.807, 2.05) is 30.3 Å². The van der Waals surface area contributed by atoms with Crippen LogP contribution in [0.2, 0.25) is 0 Å². The molecular formula is C11H11ClN4O. The third kappa shape index (κ3) is 3.04. The number of aromatic nitrogens is 3. The number of hydrogen-bond donors (Lipinski definition) is 2. The Labute approximate surface area is 103 Å². The summed E-state index contributed by atoms with van der Waals surface area (Å²) in [5, 5.41) is 9.44. The van der Waals surface area contributed by atoms with Crippen molar-refractivity contribution in [2.24, 2.45) is 0 Å². The van der Waals surface area contributed by atoms with Gasteiger partial charge in [-0.2, -0.15) is 5.10 Å². The molecule has 0 spiro atoms. The number of nitrogens with one attached hydrogen (secondary N) is 2. The van der Waals surface area contributed by atoms with Crippen molar-refractivity contribution in [2.45, 2.75) is 6.54 Å². The molecule has 0 saturated heterocycles. The van der Waals surface area contributed by atoms with Gasteiger partial charge in [0.2, 0.25) is 5.91 Å². The number of amides is 1. The first-order chi connectivity index (χ1) is 8.29. The molecule has 0 aliphatic rings. The molecule has 0 radical (unpaired) electrons.